The number of hydrogen-bond donors (Lipinski definition) is 2. The van der Waals surface area contributed by atoms with Crippen molar-refractivity contribution in [1.82, 2.24) is 0 Å². The number of para-hydroxylation sites is 1. The van der Waals surface area contributed by atoms with E-state index in [-0.39, 0.29) is 17.2 Å². The number of thiophene rings is 1. The number of carbonyl (C=O) groups excluding carboxylic acids is 2. The highest BCUT2D eigenvalue weighted by Crippen LogP contribution is 2.44. The van der Waals surface area contributed by atoms with Gasteiger partial charge in [-0.3, -0.25) is 9.59 Å². The molecule has 1 aliphatic rings. The van der Waals surface area contributed by atoms with Crippen molar-refractivity contribution >= 4 is 45.4 Å². The van der Waals surface area contributed by atoms with Crippen LogP contribution >= 0.6 is 22.9 Å². The number of rotatable bonds is 5. The SMILES string of the molecule is CCc1ccccc1NC(=O)c1c(NC(=O)c2ccc(Cl)cc2)sc2c1CCC(C(C)(C)C)C2. The third-order valence-electron chi connectivity index (χ3n) is 6.70. The van der Waals surface area contributed by atoms with Gasteiger partial charge in [0.25, 0.3) is 11.8 Å². The maximum Gasteiger partial charge on any atom is 0.258 e. The molecule has 0 radical (unpaired) electrons. The van der Waals surface area contributed by atoms with Gasteiger partial charge in [-0.25, -0.2) is 0 Å². The molecular formula is C28H31ClN2O2S. The Balaban J connectivity index is 1.69. The zero-order valence-corrected chi connectivity index (χ0v) is 21.7. The van der Waals surface area contributed by atoms with E-state index >= 15 is 0 Å². The Morgan fingerprint density at radius 1 is 1.03 bits per heavy atom. The second kappa shape index (κ2) is 9.93. The summed E-state index contributed by atoms with van der Waals surface area (Å²) in [5, 5.41) is 7.33. The number of fused-ring (bicyclic) bond motifs is 1. The van der Waals surface area contributed by atoms with Crippen LogP contribution in [0.15, 0.2) is 48.5 Å². The van der Waals surface area contributed by atoms with Crippen molar-refractivity contribution in [2.24, 2.45) is 11.3 Å². The van der Waals surface area contributed by atoms with Crippen LogP contribution in [0.2, 0.25) is 5.02 Å². The third kappa shape index (κ3) is 5.21. The van der Waals surface area contributed by atoms with Gasteiger partial charge in [-0.15, -0.1) is 11.3 Å². The number of benzene rings is 2. The van der Waals surface area contributed by atoms with Gasteiger partial charge in [0.1, 0.15) is 5.00 Å². The summed E-state index contributed by atoms with van der Waals surface area (Å²) in [7, 11) is 0. The summed E-state index contributed by atoms with van der Waals surface area (Å²) >= 11 is 7.52. The van der Waals surface area contributed by atoms with E-state index in [1.165, 1.54) is 16.2 Å². The molecule has 0 saturated carbocycles. The Kier molecular flexibility index (Phi) is 7.15. The molecule has 0 spiro atoms. The first-order chi connectivity index (χ1) is 16.2. The van der Waals surface area contributed by atoms with Crippen LogP contribution in [0.5, 0.6) is 0 Å². The standard InChI is InChI=1S/C28H31ClN2O2S/c1-5-17-8-6-7-9-22(17)30-26(33)24-21-15-12-19(28(2,3)4)16-23(21)34-27(24)31-25(32)18-10-13-20(29)14-11-18/h6-11,13-14,19H,5,12,15-16H2,1-4H3,(H,30,33)(H,31,32). The normalized spacial score (nSPS) is 15.5. The smallest absolute Gasteiger partial charge is 0.258 e. The average Bonchev–Trinajstić information content (AvgIpc) is 3.16. The van der Waals surface area contributed by atoms with Crippen LogP contribution in [-0.2, 0) is 19.3 Å². The molecule has 2 N–H and O–H groups in total. The minimum Gasteiger partial charge on any atom is -0.322 e. The van der Waals surface area contributed by atoms with E-state index in [9.17, 15) is 9.59 Å². The average molecular weight is 495 g/mol. The predicted octanol–water partition coefficient (Wildman–Crippen LogP) is 7.62. The van der Waals surface area contributed by atoms with Gasteiger partial charge in [-0.05, 0) is 78.5 Å². The molecule has 0 bridgehead atoms. The summed E-state index contributed by atoms with van der Waals surface area (Å²) in [6.07, 6.45) is 3.62. The topological polar surface area (TPSA) is 58.2 Å². The zero-order valence-electron chi connectivity index (χ0n) is 20.1. The first-order valence-corrected chi connectivity index (χ1v) is 13.0. The molecule has 0 fully saturated rings. The molecule has 1 atom stereocenters. The number of carbonyl (C=O) groups is 2. The van der Waals surface area contributed by atoms with Gasteiger partial charge in [0.05, 0.1) is 5.56 Å². The molecular weight excluding hydrogens is 464 g/mol. The van der Waals surface area contributed by atoms with Crippen LogP contribution in [0.25, 0.3) is 0 Å². The second-order valence-corrected chi connectivity index (χ2v) is 11.5. The fourth-order valence-corrected chi connectivity index (χ4v) is 6.01. The fraction of sp³-hybridized carbons (Fsp3) is 0.357. The molecule has 4 nitrogen and oxygen atoms in total. The first kappa shape index (κ1) is 24.5. The Labute approximate surface area is 210 Å². The van der Waals surface area contributed by atoms with Gasteiger partial charge in [0.15, 0.2) is 0 Å². The Hall–Kier alpha value is -2.63. The van der Waals surface area contributed by atoms with E-state index in [2.05, 4.69) is 38.3 Å². The third-order valence-corrected chi connectivity index (χ3v) is 8.12. The van der Waals surface area contributed by atoms with Crippen LogP contribution in [0.3, 0.4) is 0 Å². The maximum absolute atomic E-state index is 13.6. The van der Waals surface area contributed by atoms with E-state index in [0.29, 0.717) is 27.1 Å². The van der Waals surface area contributed by atoms with Crippen LogP contribution < -0.4 is 10.6 Å². The highest BCUT2D eigenvalue weighted by Gasteiger charge is 2.34. The molecule has 178 valence electrons. The molecule has 6 heteroatoms. The minimum absolute atomic E-state index is 0.168. The van der Waals surface area contributed by atoms with Gasteiger partial charge in [0, 0.05) is 21.2 Å². The summed E-state index contributed by atoms with van der Waals surface area (Å²) in [4.78, 5) is 27.8. The number of anilines is 2. The largest absolute Gasteiger partial charge is 0.322 e. The van der Waals surface area contributed by atoms with Crippen molar-refractivity contribution < 1.29 is 9.59 Å². The van der Waals surface area contributed by atoms with Crippen LogP contribution in [0, 0.1) is 11.3 Å². The number of hydrogen-bond acceptors (Lipinski definition) is 3. The van der Waals surface area contributed by atoms with Crippen molar-refractivity contribution in [3.05, 3.63) is 80.7 Å². The van der Waals surface area contributed by atoms with Crippen LogP contribution in [0.4, 0.5) is 10.7 Å². The van der Waals surface area contributed by atoms with Gasteiger partial charge in [-0.1, -0.05) is 57.5 Å². The van der Waals surface area contributed by atoms with Crippen molar-refractivity contribution in [2.75, 3.05) is 10.6 Å². The lowest BCUT2D eigenvalue weighted by Crippen LogP contribution is -2.27. The second-order valence-electron chi connectivity index (χ2n) is 9.94. The van der Waals surface area contributed by atoms with Gasteiger partial charge in [0.2, 0.25) is 0 Å². The van der Waals surface area contributed by atoms with E-state index in [1.54, 1.807) is 24.3 Å². The summed E-state index contributed by atoms with van der Waals surface area (Å²) in [6, 6.07) is 14.6. The van der Waals surface area contributed by atoms with E-state index in [1.807, 2.05) is 24.3 Å². The lowest BCUT2D eigenvalue weighted by molar-refractivity contribution is 0.102. The molecule has 1 heterocycles. The Bertz CT molecular complexity index is 1210. The molecule has 0 aliphatic heterocycles. The Morgan fingerprint density at radius 3 is 2.41 bits per heavy atom. The van der Waals surface area contributed by atoms with Crippen LogP contribution in [0.1, 0.15) is 70.8 Å². The lowest BCUT2D eigenvalue weighted by Gasteiger charge is -2.33. The maximum atomic E-state index is 13.6. The van der Waals surface area contributed by atoms with Gasteiger partial charge >= 0.3 is 0 Å². The molecule has 34 heavy (non-hydrogen) atoms. The number of nitrogens with one attached hydrogen (secondary N) is 2. The number of aryl methyl sites for hydroxylation is 1. The molecule has 3 aromatic rings. The molecule has 1 aromatic heterocycles. The first-order valence-electron chi connectivity index (χ1n) is 11.8. The monoisotopic (exact) mass is 494 g/mol. The lowest BCUT2D eigenvalue weighted by atomic mass is 9.72. The summed E-state index contributed by atoms with van der Waals surface area (Å²) in [6.45, 7) is 8.89. The molecule has 1 aliphatic carbocycles. The molecule has 2 aromatic carbocycles. The van der Waals surface area contributed by atoms with E-state index < -0.39 is 0 Å². The van der Waals surface area contributed by atoms with Gasteiger partial charge < -0.3 is 10.6 Å². The highest BCUT2D eigenvalue weighted by molar-refractivity contribution is 7.17. The summed E-state index contributed by atoms with van der Waals surface area (Å²) in [5.74, 6) is 0.125. The van der Waals surface area contributed by atoms with Crippen LogP contribution in [-0.4, -0.2) is 11.8 Å². The van der Waals surface area contributed by atoms with Crippen molar-refractivity contribution in [3.8, 4) is 0 Å². The number of halogens is 1. The summed E-state index contributed by atoms with van der Waals surface area (Å²) in [5.41, 5.74) is 4.26. The molecule has 1 unspecified atom stereocenters. The number of amides is 2. The zero-order chi connectivity index (χ0) is 24.5. The quantitative estimate of drug-likeness (QED) is 0.383. The predicted molar refractivity (Wildman–Crippen MR) is 142 cm³/mol. The van der Waals surface area contributed by atoms with Crippen molar-refractivity contribution in [3.63, 3.8) is 0 Å². The molecule has 0 saturated heterocycles. The van der Waals surface area contributed by atoms with E-state index in [4.69, 9.17) is 11.6 Å². The molecule has 4 rings (SSSR count). The van der Waals surface area contributed by atoms with Crippen molar-refractivity contribution in [2.45, 2.75) is 53.4 Å². The highest BCUT2D eigenvalue weighted by atomic mass is 35.5. The Morgan fingerprint density at radius 2 is 1.74 bits per heavy atom. The van der Waals surface area contributed by atoms with Crippen molar-refractivity contribution in [1.29, 1.82) is 0 Å². The van der Waals surface area contributed by atoms with Gasteiger partial charge in [-0.2, -0.15) is 0 Å². The minimum atomic E-state index is -0.245. The van der Waals surface area contributed by atoms with E-state index in [0.717, 1.165) is 42.5 Å². The fourth-order valence-electron chi connectivity index (χ4n) is 4.57. The molecule has 2 amide bonds. The summed E-state index contributed by atoms with van der Waals surface area (Å²) < 4.78 is 0.